The van der Waals surface area contributed by atoms with Gasteiger partial charge in [0.2, 0.25) is 23.5 Å². The molecule has 0 aliphatic carbocycles. The molecule has 2 aliphatic heterocycles. The van der Waals surface area contributed by atoms with E-state index in [1.807, 2.05) is 0 Å². The minimum absolute atomic E-state index is 0.0756. The van der Waals surface area contributed by atoms with Crippen molar-refractivity contribution in [3.05, 3.63) is 58.7 Å². The molecular formula is C27H28F5N5O7. The maximum Gasteiger partial charge on any atom is 0.274 e. The molecule has 2 fully saturated rings. The van der Waals surface area contributed by atoms with Gasteiger partial charge in [-0.15, -0.1) is 0 Å². The van der Waals surface area contributed by atoms with E-state index in [-0.39, 0.29) is 13.2 Å². The molecule has 1 aromatic carbocycles. The molecule has 2 saturated heterocycles. The molecule has 1 unspecified atom stereocenters. The summed E-state index contributed by atoms with van der Waals surface area (Å²) in [6, 6.07) is -3.64. The molecule has 12 nitrogen and oxygen atoms in total. The number of carbonyl (C=O) groups excluding carboxylic acids is 4. The van der Waals surface area contributed by atoms with Crippen LogP contribution in [0.5, 0.6) is 5.75 Å². The Bertz CT molecular complexity index is 1450. The number of aromatic nitrogens is 1. The second-order valence-corrected chi connectivity index (χ2v) is 10.6. The molecule has 0 spiro atoms. The summed E-state index contributed by atoms with van der Waals surface area (Å²) < 4.78 is 76.0. The maximum atomic E-state index is 14.6. The van der Waals surface area contributed by atoms with Crippen LogP contribution >= 0.6 is 0 Å². The Labute approximate surface area is 246 Å². The molecular weight excluding hydrogens is 601 g/mol. The smallest absolute Gasteiger partial charge is 0.274 e. The number of hydrogen-bond acceptors (Lipinski definition) is 8. The van der Waals surface area contributed by atoms with Crippen molar-refractivity contribution in [3.63, 3.8) is 0 Å². The van der Waals surface area contributed by atoms with Crippen LogP contribution in [0.25, 0.3) is 0 Å². The number of hydrogen-bond donors (Lipinski definition) is 6. The first kappa shape index (κ1) is 32.5. The summed E-state index contributed by atoms with van der Waals surface area (Å²) in [4.78, 5) is 56.6. The second kappa shape index (κ2) is 13.1. The molecule has 4 rings (SSSR count). The lowest BCUT2D eigenvalue weighted by atomic mass is 9.89. The van der Waals surface area contributed by atoms with E-state index in [9.17, 15) is 51.3 Å². The number of benzene rings is 1. The Hall–Kier alpha value is -4.38. The number of aliphatic hydroxyl groups is 1. The number of ether oxygens (including phenoxy) is 1. The summed E-state index contributed by atoms with van der Waals surface area (Å²) in [7, 11) is 0. The summed E-state index contributed by atoms with van der Waals surface area (Å²) in [5, 5.41) is 30.6. The van der Waals surface area contributed by atoms with Crippen molar-refractivity contribution >= 4 is 23.6 Å². The highest BCUT2D eigenvalue weighted by atomic mass is 19.2. The highest BCUT2D eigenvalue weighted by molar-refractivity contribution is 5.98. The van der Waals surface area contributed by atoms with E-state index in [0.717, 1.165) is 13.0 Å². The van der Waals surface area contributed by atoms with Gasteiger partial charge in [0, 0.05) is 24.1 Å². The number of aromatic hydroxyl groups is 1. The van der Waals surface area contributed by atoms with Gasteiger partial charge in [0.1, 0.15) is 17.8 Å². The number of carbonyl (C=O) groups is 4. The molecule has 2 aromatic rings. The predicted octanol–water partition coefficient (Wildman–Crippen LogP) is -0.0449. The van der Waals surface area contributed by atoms with Crippen LogP contribution < -0.4 is 21.3 Å². The van der Waals surface area contributed by atoms with E-state index in [4.69, 9.17) is 4.74 Å². The van der Waals surface area contributed by atoms with Crippen molar-refractivity contribution in [2.45, 2.75) is 50.5 Å². The third kappa shape index (κ3) is 6.42. The van der Waals surface area contributed by atoms with E-state index in [1.165, 1.54) is 19.2 Å². The lowest BCUT2D eigenvalue weighted by Crippen LogP contribution is -2.65. The quantitative estimate of drug-likeness (QED) is 0.152. The van der Waals surface area contributed by atoms with Gasteiger partial charge in [-0.25, -0.2) is 26.9 Å². The molecule has 0 bridgehead atoms. The van der Waals surface area contributed by atoms with Crippen molar-refractivity contribution in [3.8, 4) is 5.75 Å². The van der Waals surface area contributed by atoms with Crippen molar-refractivity contribution in [2.75, 3.05) is 13.2 Å². The fourth-order valence-corrected chi connectivity index (χ4v) is 4.81. The Morgan fingerprint density at radius 3 is 2.14 bits per heavy atom. The van der Waals surface area contributed by atoms with Crippen molar-refractivity contribution in [2.24, 2.45) is 11.8 Å². The first-order valence-corrected chi connectivity index (χ1v) is 13.3. The number of rotatable bonds is 5. The molecule has 3 heterocycles. The molecule has 0 radical (unpaired) electrons. The molecule has 17 heteroatoms. The highest BCUT2D eigenvalue weighted by Gasteiger charge is 2.42. The summed E-state index contributed by atoms with van der Waals surface area (Å²) in [5.41, 5.74) is -1.89. The van der Waals surface area contributed by atoms with Gasteiger partial charge in [0.05, 0.1) is 37.3 Å². The third-order valence-corrected chi connectivity index (χ3v) is 7.55. The molecule has 4 amide bonds. The average molecular weight is 630 g/mol. The SMILES string of the molecule is C[C@H]1NC(=O)C(C2COC2)NC(=O)[C@H](C)[C@H](O)[C@H](Cc2c(F)c(F)c(F)c(F)c2F)NC(=O)[C@H]1NC(=O)c1ncccc1O. The van der Waals surface area contributed by atoms with E-state index in [1.54, 1.807) is 0 Å². The number of halogens is 5. The zero-order valence-electron chi connectivity index (χ0n) is 23.2. The van der Waals surface area contributed by atoms with Gasteiger partial charge in [-0.3, -0.25) is 19.2 Å². The molecule has 6 N–H and O–H groups in total. The molecule has 2 aliphatic rings. The monoisotopic (exact) mass is 629 g/mol. The first-order chi connectivity index (χ1) is 20.7. The fourth-order valence-electron chi connectivity index (χ4n) is 4.81. The van der Waals surface area contributed by atoms with Crippen LogP contribution in [0.4, 0.5) is 22.0 Å². The Morgan fingerprint density at radius 1 is 0.955 bits per heavy atom. The standard InChI is InChI=1S/C27H28F5N5O7/c1-9-23(39)13(6-12-15(28)17(30)19(32)18(31)16(12)29)35-25(41)20(36-27(43)22-14(38)4-3-5-33-22)10(2)34-26(42)21(37-24(9)40)11-7-44-8-11/h3-5,9-11,13,20-21,23,38-39H,6-8H2,1-2H3,(H,34,42)(H,35,41)(H,36,43)(H,37,40)/t9-,10-,13+,20+,21?,23+/m1/s1. The molecule has 238 valence electrons. The topological polar surface area (TPSA) is 179 Å². The van der Waals surface area contributed by atoms with E-state index >= 15 is 0 Å². The molecule has 0 saturated carbocycles. The lowest BCUT2D eigenvalue weighted by molar-refractivity contribution is -0.141. The van der Waals surface area contributed by atoms with Crippen molar-refractivity contribution in [1.82, 2.24) is 26.3 Å². The van der Waals surface area contributed by atoms with E-state index in [2.05, 4.69) is 26.3 Å². The zero-order chi connectivity index (χ0) is 32.5. The third-order valence-electron chi connectivity index (χ3n) is 7.55. The van der Waals surface area contributed by atoms with Crippen molar-refractivity contribution < 1.29 is 56.1 Å². The summed E-state index contributed by atoms with van der Waals surface area (Å²) in [6.45, 7) is 2.60. The van der Waals surface area contributed by atoms with Crippen LogP contribution in [-0.2, 0) is 25.5 Å². The number of amides is 4. The lowest BCUT2D eigenvalue weighted by Gasteiger charge is -2.37. The first-order valence-electron chi connectivity index (χ1n) is 13.3. The summed E-state index contributed by atoms with van der Waals surface area (Å²) in [5.74, 6) is -17.9. The second-order valence-electron chi connectivity index (χ2n) is 10.6. The van der Waals surface area contributed by atoms with Crippen LogP contribution in [-0.4, -0.2) is 82.3 Å². The van der Waals surface area contributed by atoms with Crippen LogP contribution in [0.15, 0.2) is 18.3 Å². The van der Waals surface area contributed by atoms with Crippen LogP contribution in [0.3, 0.4) is 0 Å². The number of aliphatic hydroxyl groups excluding tert-OH is 1. The highest BCUT2D eigenvalue weighted by Crippen LogP contribution is 2.26. The summed E-state index contributed by atoms with van der Waals surface area (Å²) >= 11 is 0. The van der Waals surface area contributed by atoms with Gasteiger partial charge in [0.15, 0.2) is 29.0 Å². The van der Waals surface area contributed by atoms with Crippen molar-refractivity contribution in [1.29, 1.82) is 0 Å². The Morgan fingerprint density at radius 2 is 1.57 bits per heavy atom. The van der Waals surface area contributed by atoms with Gasteiger partial charge in [-0.05, 0) is 19.1 Å². The minimum Gasteiger partial charge on any atom is -0.505 e. The Kier molecular flexibility index (Phi) is 9.68. The molecule has 44 heavy (non-hydrogen) atoms. The largest absolute Gasteiger partial charge is 0.505 e. The summed E-state index contributed by atoms with van der Waals surface area (Å²) in [6.07, 6.45) is -2.02. The number of nitrogens with zero attached hydrogens (tertiary/aromatic N) is 1. The zero-order valence-corrected chi connectivity index (χ0v) is 23.2. The van der Waals surface area contributed by atoms with Gasteiger partial charge in [-0.1, -0.05) is 6.92 Å². The van der Waals surface area contributed by atoms with E-state index in [0.29, 0.717) is 0 Å². The van der Waals surface area contributed by atoms with Crippen LogP contribution in [0.1, 0.15) is 29.9 Å². The molecule has 6 atom stereocenters. The van der Waals surface area contributed by atoms with Crippen LogP contribution in [0, 0.1) is 40.9 Å². The van der Waals surface area contributed by atoms with Crippen LogP contribution in [0.2, 0.25) is 0 Å². The van der Waals surface area contributed by atoms with E-state index < -0.39 is 118 Å². The molecule has 1 aromatic heterocycles. The number of pyridine rings is 1. The number of nitrogens with one attached hydrogen (secondary N) is 4. The predicted molar refractivity (Wildman–Crippen MR) is 138 cm³/mol. The fraction of sp³-hybridized carbons (Fsp3) is 0.444. The average Bonchev–Trinajstić information content (AvgIpc) is 2.96. The van der Waals surface area contributed by atoms with Gasteiger partial charge < -0.3 is 36.2 Å². The Balaban J connectivity index is 1.75. The maximum absolute atomic E-state index is 14.6. The van der Waals surface area contributed by atoms with Gasteiger partial charge >= 0.3 is 0 Å². The van der Waals surface area contributed by atoms with Gasteiger partial charge in [-0.2, -0.15) is 0 Å². The minimum atomic E-state index is -2.42. The normalized spacial score (nSPS) is 26.8. The van der Waals surface area contributed by atoms with Gasteiger partial charge in [0.25, 0.3) is 5.91 Å².